The predicted octanol–water partition coefficient (Wildman–Crippen LogP) is 4.57. The fraction of sp³-hybridized carbons (Fsp3) is 0.316. The normalized spacial score (nSPS) is 12.4. The van der Waals surface area contributed by atoms with Gasteiger partial charge in [0.15, 0.2) is 16.8 Å². The molecule has 0 aliphatic heterocycles. The third-order valence-corrected chi connectivity index (χ3v) is 6.10. The molecule has 0 radical (unpaired) electrons. The standard InChI is InChI=1S/C19H20F2N4OS2/c1-4-17-22-13(9-27-17)8-25(3)11(2)18(26)24-19-23-16(10-28-19)12-5-6-14(20)15(21)7-12/h5-7,9-11H,4,8H2,1-3H3,(H,23,24,26). The fourth-order valence-corrected chi connectivity index (χ4v) is 3.96. The van der Waals surface area contributed by atoms with Crippen LogP contribution in [0.5, 0.6) is 0 Å². The lowest BCUT2D eigenvalue weighted by Gasteiger charge is -2.22. The number of anilines is 1. The summed E-state index contributed by atoms with van der Waals surface area (Å²) in [6.45, 7) is 4.44. The number of hydrogen-bond acceptors (Lipinski definition) is 6. The van der Waals surface area contributed by atoms with Crippen LogP contribution in [0.15, 0.2) is 29.0 Å². The monoisotopic (exact) mass is 422 g/mol. The van der Waals surface area contributed by atoms with Crippen molar-refractivity contribution in [1.82, 2.24) is 14.9 Å². The number of hydrogen-bond donors (Lipinski definition) is 1. The van der Waals surface area contributed by atoms with Crippen LogP contribution in [-0.2, 0) is 17.8 Å². The maximum Gasteiger partial charge on any atom is 0.243 e. The van der Waals surface area contributed by atoms with Gasteiger partial charge in [-0.15, -0.1) is 22.7 Å². The molecule has 1 N–H and O–H groups in total. The SMILES string of the molecule is CCc1nc(CN(C)C(C)C(=O)Nc2nc(-c3ccc(F)c(F)c3)cs2)cs1. The van der Waals surface area contributed by atoms with Gasteiger partial charge in [-0.25, -0.2) is 18.7 Å². The van der Waals surface area contributed by atoms with E-state index in [1.54, 1.807) is 16.7 Å². The van der Waals surface area contributed by atoms with Crippen molar-refractivity contribution in [2.45, 2.75) is 32.9 Å². The van der Waals surface area contributed by atoms with Crippen LogP contribution in [0.3, 0.4) is 0 Å². The van der Waals surface area contributed by atoms with Crippen LogP contribution in [0.25, 0.3) is 11.3 Å². The number of nitrogens with zero attached hydrogens (tertiary/aromatic N) is 3. The minimum atomic E-state index is -0.931. The molecule has 9 heteroatoms. The quantitative estimate of drug-likeness (QED) is 0.606. The molecule has 1 aromatic carbocycles. The number of benzene rings is 1. The van der Waals surface area contributed by atoms with Crippen LogP contribution in [0.1, 0.15) is 24.5 Å². The van der Waals surface area contributed by atoms with Crippen molar-refractivity contribution < 1.29 is 13.6 Å². The molecule has 2 heterocycles. The number of likely N-dealkylation sites (N-methyl/N-ethyl adjacent to an activating group) is 1. The summed E-state index contributed by atoms with van der Waals surface area (Å²) in [5.41, 5.74) is 1.88. The van der Waals surface area contributed by atoms with Crippen molar-refractivity contribution in [2.24, 2.45) is 0 Å². The number of amides is 1. The van der Waals surface area contributed by atoms with E-state index in [-0.39, 0.29) is 11.9 Å². The highest BCUT2D eigenvalue weighted by Gasteiger charge is 2.20. The topological polar surface area (TPSA) is 58.1 Å². The van der Waals surface area contributed by atoms with Gasteiger partial charge < -0.3 is 5.32 Å². The molecule has 1 amide bonds. The van der Waals surface area contributed by atoms with E-state index in [0.29, 0.717) is 22.9 Å². The molecule has 0 fully saturated rings. The fourth-order valence-electron chi connectivity index (χ4n) is 2.51. The molecular formula is C19H20F2N4OS2. The summed E-state index contributed by atoms with van der Waals surface area (Å²) in [5.74, 6) is -2.03. The second-order valence-electron chi connectivity index (χ2n) is 6.33. The maximum absolute atomic E-state index is 13.4. The Morgan fingerprint density at radius 2 is 2.00 bits per heavy atom. The summed E-state index contributed by atoms with van der Waals surface area (Å²) < 4.78 is 26.5. The number of carbonyl (C=O) groups is 1. The summed E-state index contributed by atoms with van der Waals surface area (Å²) in [5, 5.41) is 7.97. The van der Waals surface area contributed by atoms with E-state index in [0.717, 1.165) is 29.3 Å². The predicted molar refractivity (Wildman–Crippen MR) is 109 cm³/mol. The first-order valence-corrected chi connectivity index (χ1v) is 10.5. The summed E-state index contributed by atoms with van der Waals surface area (Å²) >= 11 is 2.85. The highest BCUT2D eigenvalue weighted by Crippen LogP contribution is 2.26. The smallest absolute Gasteiger partial charge is 0.243 e. The van der Waals surface area contributed by atoms with E-state index in [4.69, 9.17) is 0 Å². The highest BCUT2D eigenvalue weighted by atomic mass is 32.1. The van der Waals surface area contributed by atoms with Crippen LogP contribution in [0, 0.1) is 11.6 Å². The zero-order chi connectivity index (χ0) is 20.3. The van der Waals surface area contributed by atoms with Gasteiger partial charge in [0.05, 0.1) is 22.4 Å². The molecule has 2 aromatic heterocycles. The van der Waals surface area contributed by atoms with E-state index in [1.807, 2.05) is 24.3 Å². The van der Waals surface area contributed by atoms with E-state index in [2.05, 4.69) is 22.2 Å². The van der Waals surface area contributed by atoms with Gasteiger partial charge >= 0.3 is 0 Å². The Morgan fingerprint density at radius 1 is 1.21 bits per heavy atom. The first-order chi connectivity index (χ1) is 13.4. The van der Waals surface area contributed by atoms with Gasteiger partial charge in [0.25, 0.3) is 0 Å². The van der Waals surface area contributed by atoms with Crippen LogP contribution in [0.2, 0.25) is 0 Å². The molecular weight excluding hydrogens is 402 g/mol. The Bertz CT molecular complexity index is 973. The molecule has 0 aliphatic rings. The first kappa shape index (κ1) is 20.5. The molecule has 0 saturated carbocycles. The van der Waals surface area contributed by atoms with Crippen LogP contribution < -0.4 is 5.32 Å². The van der Waals surface area contributed by atoms with Gasteiger partial charge in [-0.05, 0) is 38.6 Å². The van der Waals surface area contributed by atoms with Gasteiger partial charge in [0.2, 0.25) is 5.91 Å². The number of halogens is 2. The van der Waals surface area contributed by atoms with Crippen LogP contribution >= 0.6 is 22.7 Å². The average Bonchev–Trinajstić information content (AvgIpc) is 3.32. The van der Waals surface area contributed by atoms with Gasteiger partial charge in [0, 0.05) is 22.9 Å². The second-order valence-corrected chi connectivity index (χ2v) is 8.13. The number of nitrogens with one attached hydrogen (secondary N) is 1. The maximum atomic E-state index is 13.4. The Hall–Kier alpha value is -2.23. The van der Waals surface area contributed by atoms with Gasteiger partial charge in [-0.2, -0.15) is 0 Å². The van der Waals surface area contributed by atoms with Gasteiger partial charge in [-0.3, -0.25) is 9.69 Å². The number of thiazole rings is 2. The third kappa shape index (κ3) is 4.78. The summed E-state index contributed by atoms with van der Waals surface area (Å²) in [6, 6.07) is 3.21. The Morgan fingerprint density at radius 3 is 2.68 bits per heavy atom. The average molecular weight is 423 g/mol. The van der Waals surface area contributed by atoms with Crippen molar-refractivity contribution in [3.8, 4) is 11.3 Å². The first-order valence-electron chi connectivity index (χ1n) is 8.72. The summed E-state index contributed by atoms with van der Waals surface area (Å²) in [6.07, 6.45) is 0.898. The molecule has 5 nitrogen and oxygen atoms in total. The Labute approximate surface area is 170 Å². The largest absolute Gasteiger partial charge is 0.301 e. The number of aromatic nitrogens is 2. The number of aryl methyl sites for hydroxylation is 1. The number of rotatable bonds is 7. The van der Waals surface area contributed by atoms with Crippen molar-refractivity contribution in [3.05, 3.63) is 51.3 Å². The molecule has 0 bridgehead atoms. The van der Waals surface area contributed by atoms with E-state index >= 15 is 0 Å². The molecule has 1 atom stereocenters. The molecule has 0 aliphatic carbocycles. The van der Waals surface area contributed by atoms with Crippen LogP contribution in [0.4, 0.5) is 13.9 Å². The Kier molecular flexibility index (Phi) is 6.48. The van der Waals surface area contributed by atoms with Crippen molar-refractivity contribution in [3.63, 3.8) is 0 Å². The van der Waals surface area contributed by atoms with Crippen molar-refractivity contribution >= 4 is 33.7 Å². The highest BCUT2D eigenvalue weighted by molar-refractivity contribution is 7.14. The lowest BCUT2D eigenvalue weighted by Crippen LogP contribution is -2.39. The zero-order valence-corrected chi connectivity index (χ0v) is 17.3. The summed E-state index contributed by atoms with van der Waals surface area (Å²) in [7, 11) is 1.86. The third-order valence-electron chi connectivity index (χ3n) is 4.30. The minimum Gasteiger partial charge on any atom is -0.301 e. The number of carbonyl (C=O) groups excluding carboxylic acids is 1. The van der Waals surface area contributed by atoms with Gasteiger partial charge in [0.1, 0.15) is 0 Å². The summed E-state index contributed by atoms with van der Waals surface area (Å²) in [4.78, 5) is 23.3. The molecule has 3 rings (SSSR count). The molecule has 28 heavy (non-hydrogen) atoms. The van der Waals surface area contributed by atoms with Crippen molar-refractivity contribution in [2.75, 3.05) is 12.4 Å². The van der Waals surface area contributed by atoms with E-state index < -0.39 is 11.6 Å². The lowest BCUT2D eigenvalue weighted by atomic mass is 10.2. The van der Waals surface area contributed by atoms with E-state index in [1.165, 1.54) is 17.4 Å². The molecule has 3 aromatic rings. The van der Waals surface area contributed by atoms with E-state index in [9.17, 15) is 13.6 Å². The molecule has 0 spiro atoms. The zero-order valence-electron chi connectivity index (χ0n) is 15.7. The molecule has 1 unspecified atom stereocenters. The van der Waals surface area contributed by atoms with Gasteiger partial charge in [-0.1, -0.05) is 6.92 Å². The minimum absolute atomic E-state index is 0.195. The lowest BCUT2D eigenvalue weighted by molar-refractivity contribution is -0.120. The Balaban J connectivity index is 1.62. The van der Waals surface area contributed by atoms with Crippen molar-refractivity contribution in [1.29, 1.82) is 0 Å². The van der Waals surface area contributed by atoms with Crippen LogP contribution in [-0.4, -0.2) is 33.9 Å². The molecule has 148 valence electrons. The second kappa shape index (κ2) is 8.85. The molecule has 0 saturated heterocycles.